The van der Waals surface area contributed by atoms with Gasteiger partial charge in [-0.25, -0.2) is 8.42 Å². The predicted molar refractivity (Wildman–Crippen MR) is 114 cm³/mol. The summed E-state index contributed by atoms with van der Waals surface area (Å²) in [5, 5.41) is 0. The molecule has 0 unspecified atom stereocenters. The maximum Gasteiger partial charge on any atom is 0.270 e. The lowest BCUT2D eigenvalue weighted by Crippen LogP contribution is -2.35. The number of carbonyl (C=O) groups is 1. The molecule has 0 aliphatic carbocycles. The first kappa shape index (κ1) is 21.3. The molecular weight excluding hydrogens is 386 g/mol. The summed E-state index contributed by atoms with van der Waals surface area (Å²) in [6.45, 7) is 5.78. The van der Waals surface area contributed by atoms with E-state index in [1.807, 2.05) is 30.3 Å². The zero-order valence-electron chi connectivity index (χ0n) is 17.0. The van der Waals surface area contributed by atoms with Crippen molar-refractivity contribution in [2.45, 2.75) is 30.6 Å². The van der Waals surface area contributed by atoms with Crippen molar-refractivity contribution >= 4 is 15.9 Å². The summed E-state index contributed by atoms with van der Waals surface area (Å²) < 4.78 is 29.0. The van der Waals surface area contributed by atoms with E-state index in [0.29, 0.717) is 31.9 Å². The third-order valence-electron chi connectivity index (χ3n) is 5.30. The van der Waals surface area contributed by atoms with Gasteiger partial charge in [0.15, 0.2) is 0 Å². The van der Waals surface area contributed by atoms with Gasteiger partial charge >= 0.3 is 0 Å². The number of nitrogens with zero attached hydrogens (tertiary/aromatic N) is 3. The second-order valence-electron chi connectivity index (χ2n) is 7.41. The van der Waals surface area contributed by atoms with Gasteiger partial charge in [0.25, 0.3) is 5.91 Å². The van der Waals surface area contributed by atoms with Crippen LogP contribution in [-0.4, -0.2) is 54.3 Å². The minimum atomic E-state index is -3.57. The molecular formula is C22H29N3O3S. The van der Waals surface area contributed by atoms with Gasteiger partial charge in [-0.2, -0.15) is 4.31 Å². The molecule has 1 aromatic heterocycles. The van der Waals surface area contributed by atoms with E-state index < -0.39 is 10.0 Å². The van der Waals surface area contributed by atoms with Crippen LogP contribution in [0.1, 0.15) is 35.3 Å². The Kier molecular flexibility index (Phi) is 6.92. The molecule has 0 atom stereocenters. The fraction of sp³-hybridized carbons (Fsp3) is 0.409. The number of aryl methyl sites for hydroxylation is 1. The number of sulfonamides is 1. The summed E-state index contributed by atoms with van der Waals surface area (Å²) >= 11 is 0. The number of carbonyl (C=O) groups excluding carboxylic acids is 1. The fourth-order valence-electron chi connectivity index (χ4n) is 3.64. The average Bonchev–Trinajstić information content (AvgIpc) is 3.14. The third-order valence-corrected chi connectivity index (χ3v) is 7.17. The van der Waals surface area contributed by atoms with Gasteiger partial charge in [0.1, 0.15) is 10.6 Å². The highest BCUT2D eigenvalue weighted by Gasteiger charge is 2.29. The zero-order chi connectivity index (χ0) is 20.9. The van der Waals surface area contributed by atoms with Gasteiger partial charge in [-0.1, -0.05) is 42.8 Å². The van der Waals surface area contributed by atoms with E-state index in [2.05, 4.69) is 6.58 Å². The number of hydrogen-bond acceptors (Lipinski definition) is 3. The van der Waals surface area contributed by atoms with Crippen molar-refractivity contribution in [2.75, 3.05) is 26.2 Å². The van der Waals surface area contributed by atoms with Crippen molar-refractivity contribution < 1.29 is 13.2 Å². The van der Waals surface area contributed by atoms with Gasteiger partial charge in [-0.3, -0.25) is 4.79 Å². The molecule has 7 heteroatoms. The molecule has 1 aliphatic rings. The van der Waals surface area contributed by atoms with E-state index in [4.69, 9.17) is 0 Å². The van der Waals surface area contributed by atoms with E-state index in [1.54, 1.807) is 28.8 Å². The van der Waals surface area contributed by atoms with Crippen molar-refractivity contribution in [3.05, 3.63) is 66.5 Å². The van der Waals surface area contributed by atoms with Crippen LogP contribution in [0.5, 0.6) is 0 Å². The molecule has 1 aromatic carbocycles. The monoisotopic (exact) mass is 415 g/mol. The molecule has 156 valence electrons. The number of piperidine rings is 1. The molecule has 2 heterocycles. The lowest BCUT2D eigenvalue weighted by Gasteiger charge is -2.25. The maximum absolute atomic E-state index is 13.1. The van der Waals surface area contributed by atoms with Crippen molar-refractivity contribution in [1.29, 1.82) is 0 Å². The number of rotatable bonds is 8. The van der Waals surface area contributed by atoms with Crippen molar-refractivity contribution in [3.8, 4) is 0 Å². The summed E-state index contributed by atoms with van der Waals surface area (Å²) in [6.07, 6.45) is 6.78. The van der Waals surface area contributed by atoms with Crippen LogP contribution in [0.3, 0.4) is 0 Å². The number of amides is 1. The lowest BCUT2D eigenvalue weighted by molar-refractivity contribution is 0.0766. The number of benzene rings is 1. The Balaban J connectivity index is 1.78. The van der Waals surface area contributed by atoms with E-state index in [9.17, 15) is 13.2 Å². The molecule has 0 N–H and O–H groups in total. The molecule has 3 rings (SSSR count). The van der Waals surface area contributed by atoms with Crippen molar-refractivity contribution in [2.24, 2.45) is 7.05 Å². The SMILES string of the molecule is C=CCN(CCc1ccccc1)C(=O)c1cc(S(=O)(=O)N2CCCCC2)cn1C. The molecule has 1 saturated heterocycles. The molecule has 0 radical (unpaired) electrons. The first-order chi connectivity index (χ1) is 13.9. The van der Waals surface area contributed by atoms with Gasteiger partial charge in [-0.05, 0) is 30.9 Å². The minimum absolute atomic E-state index is 0.187. The van der Waals surface area contributed by atoms with Crippen LogP contribution in [0.25, 0.3) is 0 Å². The number of hydrogen-bond donors (Lipinski definition) is 0. The molecule has 1 amide bonds. The Morgan fingerprint density at radius 3 is 2.52 bits per heavy atom. The molecule has 0 spiro atoms. The molecule has 0 bridgehead atoms. The van der Waals surface area contributed by atoms with E-state index >= 15 is 0 Å². The minimum Gasteiger partial charge on any atom is -0.345 e. The summed E-state index contributed by atoms with van der Waals surface area (Å²) in [6, 6.07) is 11.5. The Morgan fingerprint density at radius 1 is 1.17 bits per heavy atom. The van der Waals surface area contributed by atoms with Gasteiger partial charge in [0, 0.05) is 39.4 Å². The van der Waals surface area contributed by atoms with Crippen LogP contribution in [0.15, 0.2) is 60.1 Å². The fourth-order valence-corrected chi connectivity index (χ4v) is 5.23. The summed E-state index contributed by atoms with van der Waals surface area (Å²) in [5.74, 6) is -0.191. The molecule has 2 aromatic rings. The van der Waals surface area contributed by atoms with E-state index in [-0.39, 0.29) is 10.8 Å². The normalized spacial score (nSPS) is 15.2. The highest BCUT2D eigenvalue weighted by Crippen LogP contribution is 2.23. The second kappa shape index (κ2) is 9.41. The third kappa shape index (κ3) is 4.97. The first-order valence-corrected chi connectivity index (χ1v) is 11.5. The van der Waals surface area contributed by atoms with Crippen LogP contribution in [0.4, 0.5) is 0 Å². The van der Waals surface area contributed by atoms with Crippen LogP contribution in [0, 0.1) is 0 Å². The Hall–Kier alpha value is -2.38. The van der Waals surface area contributed by atoms with Crippen molar-refractivity contribution in [1.82, 2.24) is 13.8 Å². The largest absolute Gasteiger partial charge is 0.345 e. The maximum atomic E-state index is 13.1. The topological polar surface area (TPSA) is 62.6 Å². The Morgan fingerprint density at radius 2 is 1.86 bits per heavy atom. The van der Waals surface area contributed by atoms with Gasteiger partial charge in [-0.15, -0.1) is 6.58 Å². The highest BCUT2D eigenvalue weighted by atomic mass is 32.2. The van der Waals surface area contributed by atoms with Crippen LogP contribution >= 0.6 is 0 Å². The lowest BCUT2D eigenvalue weighted by atomic mass is 10.1. The van der Waals surface area contributed by atoms with Crippen molar-refractivity contribution in [3.63, 3.8) is 0 Å². The van der Waals surface area contributed by atoms with Crippen LogP contribution in [0.2, 0.25) is 0 Å². The van der Waals surface area contributed by atoms with E-state index in [0.717, 1.165) is 31.2 Å². The average molecular weight is 416 g/mol. The number of aromatic nitrogens is 1. The zero-order valence-corrected chi connectivity index (χ0v) is 17.8. The highest BCUT2D eigenvalue weighted by molar-refractivity contribution is 7.89. The van der Waals surface area contributed by atoms with Gasteiger partial charge < -0.3 is 9.47 Å². The summed E-state index contributed by atoms with van der Waals surface area (Å²) in [5.41, 5.74) is 1.52. The molecule has 1 fully saturated rings. The first-order valence-electron chi connectivity index (χ1n) is 10.0. The molecule has 0 saturated carbocycles. The second-order valence-corrected chi connectivity index (χ2v) is 9.35. The van der Waals surface area contributed by atoms with Crippen LogP contribution < -0.4 is 0 Å². The quantitative estimate of drug-likeness (QED) is 0.623. The standard InChI is InChI=1S/C22H29N3O3S/c1-3-13-24(16-12-19-10-6-4-7-11-19)22(26)21-17-20(18-23(21)2)29(27,28)25-14-8-5-9-15-25/h3-4,6-7,10-11,17-18H,1,5,8-9,12-16H2,2H3. The van der Waals surface area contributed by atoms with Crippen LogP contribution in [-0.2, 0) is 23.5 Å². The van der Waals surface area contributed by atoms with Gasteiger partial charge in [0.2, 0.25) is 10.0 Å². The smallest absolute Gasteiger partial charge is 0.270 e. The Labute approximate surface area is 173 Å². The molecule has 29 heavy (non-hydrogen) atoms. The Bertz CT molecular complexity index is 945. The molecule has 6 nitrogen and oxygen atoms in total. The summed E-state index contributed by atoms with van der Waals surface area (Å²) in [4.78, 5) is 15.0. The van der Waals surface area contributed by atoms with Gasteiger partial charge in [0.05, 0.1) is 0 Å². The summed E-state index contributed by atoms with van der Waals surface area (Å²) in [7, 11) is -1.85. The predicted octanol–water partition coefficient (Wildman–Crippen LogP) is 3.07. The van der Waals surface area contributed by atoms with E-state index in [1.165, 1.54) is 10.4 Å². The molecule has 1 aliphatic heterocycles.